The van der Waals surface area contributed by atoms with Crippen molar-refractivity contribution in [3.05, 3.63) is 18.1 Å². The number of hydrogen-bond acceptors (Lipinski definition) is 4. The van der Waals surface area contributed by atoms with Crippen LogP contribution < -0.4 is 10.6 Å². The highest BCUT2D eigenvalue weighted by molar-refractivity contribution is 5.37. The van der Waals surface area contributed by atoms with Gasteiger partial charge in [-0.1, -0.05) is 13.8 Å². The molecule has 4 heteroatoms. The topological polar surface area (TPSA) is 49.8 Å². The van der Waals surface area contributed by atoms with Gasteiger partial charge in [0.1, 0.15) is 12.1 Å². The number of rotatable bonds is 3. The smallest absolute Gasteiger partial charge is 0.129 e. The second-order valence-corrected chi connectivity index (χ2v) is 6.38. The number of anilines is 1. The van der Waals surface area contributed by atoms with Crippen LogP contribution in [0.25, 0.3) is 0 Å². The third kappa shape index (κ3) is 2.73. The maximum atomic E-state index is 4.36. The molecule has 1 saturated carbocycles. The lowest BCUT2D eigenvalue weighted by atomic mass is 9.70. The molecule has 4 nitrogen and oxygen atoms in total. The Balaban J connectivity index is 1.65. The second-order valence-electron chi connectivity index (χ2n) is 6.38. The molecule has 1 unspecified atom stereocenters. The molecule has 1 aromatic heterocycles. The molecule has 2 aliphatic rings. The van der Waals surface area contributed by atoms with Crippen LogP contribution in [0.1, 0.15) is 57.6 Å². The molecule has 3 rings (SSSR count). The van der Waals surface area contributed by atoms with Crippen LogP contribution in [0, 0.1) is 0 Å². The van der Waals surface area contributed by atoms with E-state index in [-0.39, 0.29) is 0 Å². The largest absolute Gasteiger partial charge is 0.367 e. The molecule has 19 heavy (non-hydrogen) atoms. The van der Waals surface area contributed by atoms with Gasteiger partial charge in [0.2, 0.25) is 0 Å². The van der Waals surface area contributed by atoms with E-state index < -0.39 is 0 Å². The molecular formula is C15H24N4. The Bertz CT molecular complexity index is 440. The third-order valence-corrected chi connectivity index (χ3v) is 4.57. The van der Waals surface area contributed by atoms with Crippen molar-refractivity contribution in [2.75, 3.05) is 11.9 Å². The van der Waals surface area contributed by atoms with Crippen molar-refractivity contribution in [3.8, 4) is 0 Å². The van der Waals surface area contributed by atoms with Crippen LogP contribution in [-0.2, 0) is 0 Å². The van der Waals surface area contributed by atoms with Crippen molar-refractivity contribution in [3.63, 3.8) is 0 Å². The highest BCUT2D eigenvalue weighted by Gasteiger charge is 2.40. The highest BCUT2D eigenvalue weighted by Crippen LogP contribution is 2.38. The molecule has 0 amide bonds. The van der Waals surface area contributed by atoms with Crippen LogP contribution in [0.2, 0.25) is 0 Å². The van der Waals surface area contributed by atoms with Gasteiger partial charge < -0.3 is 10.6 Å². The first-order valence-corrected chi connectivity index (χ1v) is 7.50. The maximum Gasteiger partial charge on any atom is 0.129 e. The van der Waals surface area contributed by atoms with Crippen molar-refractivity contribution >= 4 is 5.82 Å². The molecule has 2 fully saturated rings. The molecule has 1 atom stereocenters. The molecule has 104 valence electrons. The quantitative estimate of drug-likeness (QED) is 0.877. The summed E-state index contributed by atoms with van der Waals surface area (Å²) in [6.07, 6.45) is 8.15. The predicted molar refractivity (Wildman–Crippen MR) is 77.4 cm³/mol. The van der Waals surface area contributed by atoms with Gasteiger partial charge in [0.05, 0.1) is 0 Å². The Morgan fingerprint density at radius 3 is 2.89 bits per heavy atom. The van der Waals surface area contributed by atoms with E-state index >= 15 is 0 Å². The average molecular weight is 260 g/mol. The summed E-state index contributed by atoms with van der Waals surface area (Å²) in [6, 6.07) is 2.65. The van der Waals surface area contributed by atoms with Crippen LogP contribution in [0.15, 0.2) is 12.4 Å². The fourth-order valence-corrected chi connectivity index (χ4v) is 3.24. The van der Waals surface area contributed by atoms with Crippen molar-refractivity contribution in [1.82, 2.24) is 15.3 Å². The minimum absolute atomic E-state index is 0.434. The lowest BCUT2D eigenvalue weighted by Gasteiger charge is -2.48. The first-order chi connectivity index (χ1) is 9.17. The van der Waals surface area contributed by atoms with Crippen molar-refractivity contribution < 1.29 is 0 Å². The van der Waals surface area contributed by atoms with Gasteiger partial charge in [0.25, 0.3) is 0 Å². The maximum absolute atomic E-state index is 4.36. The summed E-state index contributed by atoms with van der Waals surface area (Å²) in [5, 5.41) is 7.31. The number of hydrogen-bond donors (Lipinski definition) is 2. The van der Waals surface area contributed by atoms with Crippen LogP contribution >= 0.6 is 0 Å². The highest BCUT2D eigenvalue weighted by atomic mass is 15.1. The fourth-order valence-electron chi connectivity index (χ4n) is 3.24. The number of aromatic nitrogens is 2. The fraction of sp³-hybridized carbons (Fsp3) is 0.733. The van der Waals surface area contributed by atoms with Gasteiger partial charge in [-0.25, -0.2) is 9.97 Å². The third-order valence-electron chi connectivity index (χ3n) is 4.57. The molecule has 0 radical (unpaired) electrons. The number of piperidine rings is 1. The zero-order valence-electron chi connectivity index (χ0n) is 11.9. The van der Waals surface area contributed by atoms with Crippen LogP contribution in [0.5, 0.6) is 0 Å². The Hall–Kier alpha value is -1.16. The van der Waals surface area contributed by atoms with Crippen LogP contribution in [0.3, 0.4) is 0 Å². The molecule has 1 saturated heterocycles. The summed E-state index contributed by atoms with van der Waals surface area (Å²) < 4.78 is 0. The first-order valence-electron chi connectivity index (χ1n) is 7.50. The van der Waals surface area contributed by atoms with Crippen LogP contribution in [-0.4, -0.2) is 28.1 Å². The summed E-state index contributed by atoms with van der Waals surface area (Å²) in [5.41, 5.74) is 1.55. The summed E-state index contributed by atoms with van der Waals surface area (Å²) in [5.74, 6) is 1.44. The van der Waals surface area contributed by atoms with Gasteiger partial charge >= 0.3 is 0 Å². The minimum atomic E-state index is 0.434. The molecule has 2 N–H and O–H groups in total. The van der Waals surface area contributed by atoms with E-state index in [0.717, 1.165) is 18.1 Å². The Morgan fingerprint density at radius 1 is 1.37 bits per heavy atom. The number of nitrogens with zero attached hydrogens (tertiary/aromatic N) is 2. The molecule has 1 aliphatic heterocycles. The Morgan fingerprint density at radius 2 is 2.21 bits per heavy atom. The summed E-state index contributed by atoms with van der Waals surface area (Å²) in [6.45, 7) is 5.46. The monoisotopic (exact) mass is 260 g/mol. The summed E-state index contributed by atoms with van der Waals surface area (Å²) in [7, 11) is 0. The molecular weight excluding hydrogens is 236 g/mol. The molecule has 0 bridgehead atoms. The van der Waals surface area contributed by atoms with E-state index in [1.54, 1.807) is 6.33 Å². The van der Waals surface area contributed by atoms with Gasteiger partial charge in [-0.2, -0.15) is 0 Å². The number of nitrogens with one attached hydrogen (secondary N) is 2. The van der Waals surface area contributed by atoms with Gasteiger partial charge in [0.15, 0.2) is 0 Å². The summed E-state index contributed by atoms with van der Waals surface area (Å²) >= 11 is 0. The Kier molecular flexibility index (Phi) is 3.44. The van der Waals surface area contributed by atoms with Crippen LogP contribution in [0.4, 0.5) is 5.82 Å². The lowest BCUT2D eigenvalue weighted by Crippen LogP contribution is -2.58. The standard InChI is InChI=1S/C15H24N4/c1-11(2)13-8-14(17-10-16-13)19-12-4-7-18-15(9-12)5-3-6-15/h8,10-12,18H,3-7,9H2,1-2H3,(H,16,17,19). The predicted octanol–water partition coefficient (Wildman–Crippen LogP) is 2.69. The second kappa shape index (κ2) is 5.08. The minimum Gasteiger partial charge on any atom is -0.367 e. The average Bonchev–Trinajstić information content (AvgIpc) is 2.37. The van der Waals surface area contributed by atoms with Gasteiger partial charge in [-0.3, -0.25) is 0 Å². The molecule has 0 aromatic carbocycles. The van der Waals surface area contributed by atoms with Crippen molar-refractivity contribution in [2.24, 2.45) is 0 Å². The zero-order chi connectivity index (χ0) is 13.3. The van der Waals surface area contributed by atoms with E-state index in [0.29, 0.717) is 17.5 Å². The van der Waals surface area contributed by atoms with E-state index in [2.05, 4.69) is 40.5 Å². The lowest BCUT2D eigenvalue weighted by molar-refractivity contribution is 0.135. The van der Waals surface area contributed by atoms with Gasteiger partial charge in [-0.05, 0) is 44.6 Å². The molecule has 1 aromatic rings. The van der Waals surface area contributed by atoms with Gasteiger partial charge in [-0.15, -0.1) is 0 Å². The molecule has 1 spiro atoms. The first kappa shape index (κ1) is 12.9. The molecule has 1 aliphatic carbocycles. The van der Waals surface area contributed by atoms with Gasteiger partial charge in [0, 0.05) is 23.3 Å². The summed E-state index contributed by atoms with van der Waals surface area (Å²) in [4.78, 5) is 8.69. The zero-order valence-corrected chi connectivity index (χ0v) is 11.9. The SMILES string of the molecule is CC(C)c1cc(NC2CCNC3(CCC3)C2)ncn1. The Labute approximate surface area is 115 Å². The van der Waals surface area contributed by atoms with E-state index in [9.17, 15) is 0 Å². The van der Waals surface area contributed by atoms with E-state index in [1.807, 2.05) is 0 Å². The van der Waals surface area contributed by atoms with Crippen molar-refractivity contribution in [1.29, 1.82) is 0 Å². The van der Waals surface area contributed by atoms with Crippen molar-refractivity contribution in [2.45, 2.75) is 63.5 Å². The van der Waals surface area contributed by atoms with E-state index in [1.165, 1.54) is 32.1 Å². The normalized spacial score (nSPS) is 25.3. The van der Waals surface area contributed by atoms with E-state index in [4.69, 9.17) is 0 Å². The molecule has 2 heterocycles.